The Labute approximate surface area is 179 Å². The average molecular weight is 439 g/mol. The summed E-state index contributed by atoms with van der Waals surface area (Å²) >= 11 is 0. The zero-order chi connectivity index (χ0) is 22.8. The van der Waals surface area contributed by atoms with E-state index >= 15 is 0 Å². The molecule has 1 unspecified atom stereocenters. The van der Waals surface area contributed by atoms with Gasteiger partial charge in [-0.2, -0.15) is 13.2 Å². The largest absolute Gasteiger partial charge is 0.416 e. The second-order valence-electron chi connectivity index (χ2n) is 8.49. The average Bonchev–Trinajstić information content (AvgIpc) is 3.15. The van der Waals surface area contributed by atoms with Gasteiger partial charge in [0.05, 0.1) is 35.6 Å². The molecule has 3 N–H and O–H groups in total. The van der Waals surface area contributed by atoms with Crippen molar-refractivity contribution < 1.29 is 23.1 Å². The first-order valence-corrected chi connectivity index (χ1v) is 10.3. The van der Waals surface area contributed by atoms with Crippen LogP contribution in [0.15, 0.2) is 30.5 Å². The Hall–Kier alpha value is -2.46. The van der Waals surface area contributed by atoms with Crippen molar-refractivity contribution in [2.75, 3.05) is 6.54 Å². The minimum atomic E-state index is -4.42. The molecule has 1 aromatic carbocycles. The van der Waals surface area contributed by atoms with E-state index < -0.39 is 17.3 Å². The lowest BCUT2D eigenvalue weighted by Gasteiger charge is -2.40. The van der Waals surface area contributed by atoms with Gasteiger partial charge in [0, 0.05) is 24.9 Å². The van der Waals surface area contributed by atoms with Crippen molar-refractivity contribution in [2.45, 2.75) is 64.0 Å². The maximum Gasteiger partial charge on any atom is 0.416 e. The Morgan fingerprint density at radius 2 is 2.00 bits per heavy atom. The molecule has 1 fully saturated rings. The summed E-state index contributed by atoms with van der Waals surface area (Å²) in [6.45, 7) is 6.42. The summed E-state index contributed by atoms with van der Waals surface area (Å²) < 4.78 is 40.2. The van der Waals surface area contributed by atoms with Gasteiger partial charge in [-0.15, -0.1) is 5.10 Å². The van der Waals surface area contributed by atoms with E-state index in [9.17, 15) is 23.1 Å². The van der Waals surface area contributed by atoms with E-state index in [0.717, 1.165) is 12.1 Å². The Kier molecular flexibility index (Phi) is 6.70. The number of piperidine rings is 1. The predicted molar refractivity (Wildman–Crippen MR) is 108 cm³/mol. The van der Waals surface area contributed by atoms with Crippen LogP contribution in [0, 0.1) is 5.92 Å². The molecule has 2 heterocycles. The fourth-order valence-corrected chi connectivity index (χ4v) is 3.86. The second kappa shape index (κ2) is 8.96. The lowest BCUT2D eigenvalue weighted by molar-refractivity contribution is -0.137. The number of alkyl halides is 3. The van der Waals surface area contributed by atoms with Crippen molar-refractivity contribution >= 4 is 5.91 Å². The minimum Gasteiger partial charge on any atom is -0.385 e. The third-order valence-corrected chi connectivity index (χ3v) is 5.50. The zero-order valence-electron chi connectivity index (χ0n) is 17.8. The van der Waals surface area contributed by atoms with Gasteiger partial charge < -0.3 is 15.7 Å². The van der Waals surface area contributed by atoms with Crippen LogP contribution >= 0.6 is 0 Å². The van der Waals surface area contributed by atoms with Crippen LogP contribution in [-0.4, -0.2) is 38.6 Å². The van der Waals surface area contributed by atoms with Crippen molar-refractivity contribution in [3.63, 3.8) is 0 Å². The first kappa shape index (κ1) is 23.2. The van der Waals surface area contributed by atoms with E-state index in [-0.39, 0.29) is 30.3 Å². The monoisotopic (exact) mass is 439 g/mol. The van der Waals surface area contributed by atoms with E-state index in [1.807, 2.05) is 20.8 Å². The highest BCUT2D eigenvalue weighted by molar-refractivity contribution is 5.77. The molecule has 0 saturated carbocycles. The molecule has 1 amide bonds. The highest BCUT2D eigenvalue weighted by Gasteiger charge is 2.41. The molecule has 170 valence electrons. The highest BCUT2D eigenvalue weighted by Crippen LogP contribution is 2.40. The maximum atomic E-state index is 12.9. The van der Waals surface area contributed by atoms with Crippen LogP contribution < -0.4 is 10.6 Å². The van der Waals surface area contributed by atoms with Crippen LogP contribution in [0.1, 0.15) is 56.5 Å². The molecule has 0 radical (unpaired) electrons. The van der Waals surface area contributed by atoms with Crippen molar-refractivity contribution in [1.29, 1.82) is 0 Å². The Balaban J connectivity index is 1.69. The van der Waals surface area contributed by atoms with E-state index in [1.165, 1.54) is 12.1 Å². The van der Waals surface area contributed by atoms with Crippen LogP contribution in [0.25, 0.3) is 0 Å². The maximum absolute atomic E-state index is 12.9. The van der Waals surface area contributed by atoms with Crippen LogP contribution in [0.3, 0.4) is 0 Å². The summed E-state index contributed by atoms with van der Waals surface area (Å²) in [5.74, 6) is -0.133. The smallest absolute Gasteiger partial charge is 0.385 e. The molecule has 3 rings (SSSR count). The second-order valence-corrected chi connectivity index (χ2v) is 8.49. The van der Waals surface area contributed by atoms with Gasteiger partial charge in [0.25, 0.3) is 0 Å². The summed E-state index contributed by atoms with van der Waals surface area (Å²) in [4.78, 5) is 11.6. The number of carbonyl (C=O) groups is 1. The van der Waals surface area contributed by atoms with Gasteiger partial charge in [-0.05, 0) is 31.0 Å². The predicted octanol–water partition coefficient (Wildman–Crippen LogP) is 2.77. The molecule has 7 nitrogen and oxygen atoms in total. The highest BCUT2D eigenvalue weighted by atomic mass is 19.4. The first-order valence-electron chi connectivity index (χ1n) is 10.3. The van der Waals surface area contributed by atoms with Gasteiger partial charge in [0.15, 0.2) is 0 Å². The lowest BCUT2D eigenvalue weighted by Crippen LogP contribution is -2.47. The number of amides is 1. The number of nitrogens with zero attached hydrogens (tertiary/aromatic N) is 3. The molecule has 2 aromatic rings. The summed E-state index contributed by atoms with van der Waals surface area (Å²) in [6, 6.07) is 4.28. The number of hydrogen-bond acceptors (Lipinski definition) is 5. The quantitative estimate of drug-likeness (QED) is 0.644. The molecular formula is C21H28F3N5O2. The summed E-state index contributed by atoms with van der Waals surface area (Å²) in [5, 5.41) is 25.7. The number of rotatable bonds is 6. The number of aliphatic hydroxyl groups is 1. The fraction of sp³-hybridized carbons (Fsp3) is 0.571. The van der Waals surface area contributed by atoms with Crippen molar-refractivity contribution in [2.24, 2.45) is 5.92 Å². The molecule has 31 heavy (non-hydrogen) atoms. The molecule has 0 spiro atoms. The molecule has 0 bridgehead atoms. The van der Waals surface area contributed by atoms with E-state index in [1.54, 1.807) is 10.9 Å². The SMILES string of the molecule is CC(C)C(=O)NCCn1cc([C@@H]2CC(O)(c3ccc(C(F)(F)F)cc3)C[C@H](C)N2)nn1. The van der Waals surface area contributed by atoms with Gasteiger partial charge >= 0.3 is 6.18 Å². The summed E-state index contributed by atoms with van der Waals surface area (Å²) in [6.07, 6.45) is -2.04. The van der Waals surface area contributed by atoms with E-state index in [4.69, 9.17) is 0 Å². The van der Waals surface area contributed by atoms with E-state index in [2.05, 4.69) is 20.9 Å². The van der Waals surface area contributed by atoms with Crippen LogP contribution in [-0.2, 0) is 23.1 Å². The number of aromatic nitrogens is 3. The minimum absolute atomic E-state index is 0.0373. The summed E-state index contributed by atoms with van der Waals surface area (Å²) in [5.41, 5.74) is -0.949. The molecule has 10 heteroatoms. The molecule has 1 aliphatic rings. The first-order chi connectivity index (χ1) is 14.5. The van der Waals surface area contributed by atoms with Crippen molar-refractivity contribution in [3.05, 3.63) is 47.3 Å². The topological polar surface area (TPSA) is 92.1 Å². The van der Waals surface area contributed by atoms with Crippen LogP contribution in [0.2, 0.25) is 0 Å². The number of hydrogen-bond donors (Lipinski definition) is 3. The molecular weight excluding hydrogens is 411 g/mol. The summed E-state index contributed by atoms with van der Waals surface area (Å²) in [7, 11) is 0. The van der Waals surface area contributed by atoms with Crippen LogP contribution in [0.5, 0.6) is 0 Å². The van der Waals surface area contributed by atoms with E-state index in [0.29, 0.717) is 30.8 Å². The van der Waals surface area contributed by atoms with Crippen molar-refractivity contribution in [1.82, 2.24) is 25.6 Å². The number of halogens is 3. The Morgan fingerprint density at radius 3 is 2.61 bits per heavy atom. The van der Waals surface area contributed by atoms with Gasteiger partial charge in [0.1, 0.15) is 0 Å². The Bertz CT molecular complexity index is 897. The number of carbonyl (C=O) groups excluding carboxylic acids is 1. The standard InChI is InChI=1S/C21H28F3N5O2/c1-13(2)19(30)25-8-9-29-12-18(27-28-29)17-11-20(31,10-14(3)26-17)15-4-6-16(7-5-15)21(22,23)24/h4-7,12-14,17,26,31H,8-11H2,1-3H3,(H,25,30)/t14-,17-,20?/m0/s1. The zero-order valence-corrected chi connectivity index (χ0v) is 17.8. The fourth-order valence-electron chi connectivity index (χ4n) is 3.86. The molecule has 3 atom stereocenters. The number of benzene rings is 1. The number of nitrogens with one attached hydrogen (secondary N) is 2. The third-order valence-electron chi connectivity index (χ3n) is 5.50. The normalized spacial score (nSPS) is 24.4. The van der Waals surface area contributed by atoms with Crippen LogP contribution in [0.4, 0.5) is 13.2 Å². The third kappa shape index (κ3) is 5.62. The lowest BCUT2D eigenvalue weighted by atomic mass is 9.78. The molecule has 0 aliphatic carbocycles. The molecule has 1 saturated heterocycles. The Morgan fingerprint density at radius 1 is 1.32 bits per heavy atom. The molecule has 1 aromatic heterocycles. The molecule has 1 aliphatic heterocycles. The van der Waals surface area contributed by atoms with Crippen molar-refractivity contribution in [3.8, 4) is 0 Å². The van der Waals surface area contributed by atoms with Gasteiger partial charge in [-0.25, -0.2) is 0 Å². The van der Waals surface area contributed by atoms with Gasteiger partial charge in [-0.1, -0.05) is 31.2 Å². The van der Waals surface area contributed by atoms with Gasteiger partial charge in [-0.3, -0.25) is 9.48 Å². The van der Waals surface area contributed by atoms with Gasteiger partial charge in [0.2, 0.25) is 5.91 Å².